The topological polar surface area (TPSA) is 41.1 Å². The van der Waals surface area contributed by atoms with E-state index in [9.17, 15) is 4.79 Å². The van der Waals surface area contributed by atoms with Gasteiger partial charge in [0.1, 0.15) is 6.04 Å². The predicted molar refractivity (Wildman–Crippen MR) is 60.5 cm³/mol. The van der Waals surface area contributed by atoms with Crippen LogP contribution in [0.1, 0.15) is 13.3 Å². The number of para-hydroxylation sites is 1. The van der Waals surface area contributed by atoms with Crippen molar-refractivity contribution in [2.45, 2.75) is 19.4 Å². The summed E-state index contributed by atoms with van der Waals surface area (Å²) in [6, 6.07) is 5.62. The lowest BCUT2D eigenvalue weighted by Crippen LogP contribution is -2.38. The Morgan fingerprint density at radius 1 is 1.50 bits per heavy atom. The van der Waals surface area contributed by atoms with Crippen LogP contribution in [0.2, 0.25) is 0 Å². The maximum Gasteiger partial charge on any atom is 0.246 e. The Hall–Kier alpha value is -1.03. The molecule has 14 heavy (non-hydrogen) atoms. The average Bonchev–Trinajstić information content (AvgIpc) is 2.17. The quantitative estimate of drug-likeness (QED) is 0.809. The minimum absolute atomic E-state index is 0.0399. The second kappa shape index (κ2) is 3.61. The lowest BCUT2D eigenvalue weighted by Gasteiger charge is -2.26. The molecule has 1 heterocycles. The van der Waals surface area contributed by atoms with Crippen LogP contribution in [-0.2, 0) is 4.79 Å². The summed E-state index contributed by atoms with van der Waals surface area (Å²) in [4.78, 5) is 11.5. The number of anilines is 2. The molecule has 1 atom stereocenters. The summed E-state index contributed by atoms with van der Waals surface area (Å²) < 4.78 is 0.980. The Morgan fingerprint density at radius 2 is 2.29 bits per heavy atom. The summed E-state index contributed by atoms with van der Waals surface area (Å²) in [5, 5.41) is 6.08. The standard InChI is InChI=1S/C10H11BrN2O/c1-2-7-10(14)13-8-5-3-4-6(11)9(8)12-7/h3-5,7,12H,2H2,1H3,(H,13,14). The van der Waals surface area contributed by atoms with Crippen molar-refractivity contribution in [1.82, 2.24) is 0 Å². The van der Waals surface area contributed by atoms with Crippen molar-refractivity contribution in [2.24, 2.45) is 0 Å². The van der Waals surface area contributed by atoms with Gasteiger partial charge >= 0.3 is 0 Å². The first-order valence-corrected chi connectivity index (χ1v) is 5.37. The molecule has 74 valence electrons. The van der Waals surface area contributed by atoms with E-state index < -0.39 is 0 Å². The van der Waals surface area contributed by atoms with Crippen molar-refractivity contribution < 1.29 is 4.79 Å². The number of carbonyl (C=O) groups is 1. The molecule has 0 saturated carbocycles. The third-order valence-electron chi connectivity index (χ3n) is 2.31. The van der Waals surface area contributed by atoms with Crippen LogP contribution in [0.15, 0.2) is 22.7 Å². The van der Waals surface area contributed by atoms with Gasteiger partial charge in [-0.25, -0.2) is 0 Å². The van der Waals surface area contributed by atoms with Crippen LogP contribution < -0.4 is 10.6 Å². The van der Waals surface area contributed by atoms with Crippen molar-refractivity contribution in [1.29, 1.82) is 0 Å². The molecule has 0 fully saturated rings. The van der Waals surface area contributed by atoms with E-state index in [4.69, 9.17) is 0 Å². The molecule has 2 rings (SSSR count). The zero-order valence-corrected chi connectivity index (χ0v) is 9.39. The minimum atomic E-state index is -0.124. The van der Waals surface area contributed by atoms with Gasteiger partial charge in [-0.15, -0.1) is 0 Å². The highest BCUT2D eigenvalue weighted by atomic mass is 79.9. The Morgan fingerprint density at radius 3 is 3.00 bits per heavy atom. The molecule has 0 bridgehead atoms. The van der Waals surface area contributed by atoms with Crippen LogP contribution in [0.3, 0.4) is 0 Å². The first-order valence-electron chi connectivity index (χ1n) is 4.58. The summed E-state index contributed by atoms with van der Waals surface area (Å²) >= 11 is 3.44. The average molecular weight is 255 g/mol. The molecule has 0 aliphatic carbocycles. The molecule has 1 aromatic carbocycles. The van der Waals surface area contributed by atoms with Gasteiger partial charge in [0.2, 0.25) is 5.91 Å². The van der Waals surface area contributed by atoms with Crippen LogP contribution in [-0.4, -0.2) is 11.9 Å². The summed E-state index contributed by atoms with van der Waals surface area (Å²) in [5.74, 6) is 0.0399. The third kappa shape index (κ3) is 1.50. The summed E-state index contributed by atoms with van der Waals surface area (Å²) in [6.45, 7) is 1.99. The molecular formula is C10H11BrN2O. The summed E-state index contributed by atoms with van der Waals surface area (Å²) in [5.41, 5.74) is 1.81. The lowest BCUT2D eigenvalue weighted by molar-refractivity contribution is -0.117. The number of halogens is 1. The molecule has 0 spiro atoms. The van der Waals surface area contributed by atoms with Crippen molar-refractivity contribution >= 4 is 33.2 Å². The van der Waals surface area contributed by atoms with Crippen molar-refractivity contribution in [3.8, 4) is 0 Å². The van der Waals surface area contributed by atoms with Crippen LogP contribution >= 0.6 is 15.9 Å². The maximum atomic E-state index is 11.5. The largest absolute Gasteiger partial charge is 0.371 e. The molecule has 1 aromatic rings. The first kappa shape index (κ1) is 9.52. The first-order chi connectivity index (χ1) is 6.72. The van der Waals surface area contributed by atoms with E-state index in [1.165, 1.54) is 0 Å². The fraction of sp³-hybridized carbons (Fsp3) is 0.300. The van der Waals surface area contributed by atoms with Crippen molar-refractivity contribution in [3.63, 3.8) is 0 Å². The Balaban J connectivity index is 2.40. The smallest absolute Gasteiger partial charge is 0.246 e. The fourth-order valence-electron chi connectivity index (χ4n) is 1.52. The van der Waals surface area contributed by atoms with Gasteiger partial charge in [0.25, 0.3) is 0 Å². The molecule has 3 nitrogen and oxygen atoms in total. The highest BCUT2D eigenvalue weighted by Gasteiger charge is 2.24. The number of nitrogens with one attached hydrogen (secondary N) is 2. The maximum absolute atomic E-state index is 11.5. The molecule has 1 aliphatic heterocycles. The highest BCUT2D eigenvalue weighted by molar-refractivity contribution is 9.10. The van der Waals surface area contributed by atoms with Gasteiger partial charge in [0, 0.05) is 4.47 Å². The zero-order chi connectivity index (χ0) is 10.1. The number of amides is 1. The monoisotopic (exact) mass is 254 g/mol. The van der Waals surface area contributed by atoms with E-state index in [1.54, 1.807) is 0 Å². The van der Waals surface area contributed by atoms with E-state index in [0.29, 0.717) is 0 Å². The SMILES string of the molecule is CCC1Nc2c(Br)cccc2NC1=O. The Bertz CT molecular complexity index is 378. The van der Waals surface area contributed by atoms with Gasteiger partial charge in [-0.1, -0.05) is 13.0 Å². The van der Waals surface area contributed by atoms with Gasteiger partial charge in [0.15, 0.2) is 0 Å². The predicted octanol–water partition coefficient (Wildman–Crippen LogP) is 2.59. The van der Waals surface area contributed by atoms with Crippen LogP contribution in [0, 0.1) is 0 Å². The molecule has 0 saturated heterocycles. The molecular weight excluding hydrogens is 244 g/mol. The third-order valence-corrected chi connectivity index (χ3v) is 2.98. The molecule has 1 amide bonds. The van der Waals surface area contributed by atoms with E-state index in [-0.39, 0.29) is 11.9 Å². The fourth-order valence-corrected chi connectivity index (χ4v) is 2.00. The van der Waals surface area contributed by atoms with Crippen molar-refractivity contribution in [2.75, 3.05) is 10.6 Å². The zero-order valence-electron chi connectivity index (χ0n) is 7.80. The Labute approximate surface area is 91.0 Å². The van der Waals surface area contributed by atoms with Crippen LogP contribution in [0.25, 0.3) is 0 Å². The number of hydrogen-bond donors (Lipinski definition) is 2. The number of carbonyl (C=O) groups excluding carboxylic acids is 1. The molecule has 4 heteroatoms. The van der Waals surface area contributed by atoms with E-state index >= 15 is 0 Å². The highest BCUT2D eigenvalue weighted by Crippen LogP contribution is 2.34. The molecule has 2 N–H and O–H groups in total. The molecule has 0 radical (unpaired) electrons. The number of benzene rings is 1. The summed E-state index contributed by atoms with van der Waals surface area (Å²) in [6.07, 6.45) is 0.784. The lowest BCUT2D eigenvalue weighted by atomic mass is 10.1. The Kier molecular flexibility index (Phi) is 2.46. The number of rotatable bonds is 1. The second-order valence-corrected chi connectivity index (χ2v) is 4.11. The molecule has 1 aliphatic rings. The molecule has 0 aromatic heterocycles. The van der Waals surface area contributed by atoms with Crippen LogP contribution in [0.4, 0.5) is 11.4 Å². The van der Waals surface area contributed by atoms with E-state index in [0.717, 1.165) is 22.3 Å². The minimum Gasteiger partial charge on any atom is -0.371 e. The van der Waals surface area contributed by atoms with Crippen LogP contribution in [0.5, 0.6) is 0 Å². The van der Waals surface area contributed by atoms with E-state index in [2.05, 4.69) is 26.6 Å². The summed E-state index contributed by atoms with van der Waals surface area (Å²) in [7, 11) is 0. The van der Waals surface area contributed by atoms with Gasteiger partial charge in [-0.2, -0.15) is 0 Å². The van der Waals surface area contributed by atoms with Gasteiger partial charge in [0.05, 0.1) is 11.4 Å². The molecule has 1 unspecified atom stereocenters. The van der Waals surface area contributed by atoms with E-state index in [1.807, 2.05) is 25.1 Å². The number of hydrogen-bond acceptors (Lipinski definition) is 2. The van der Waals surface area contributed by atoms with Crippen molar-refractivity contribution in [3.05, 3.63) is 22.7 Å². The van der Waals surface area contributed by atoms with Gasteiger partial charge in [-0.3, -0.25) is 4.79 Å². The normalized spacial score (nSPS) is 19.6. The second-order valence-electron chi connectivity index (χ2n) is 3.26. The number of fused-ring (bicyclic) bond motifs is 1. The van der Waals surface area contributed by atoms with Gasteiger partial charge < -0.3 is 10.6 Å². The van der Waals surface area contributed by atoms with Gasteiger partial charge in [-0.05, 0) is 34.5 Å².